The number of benzene rings is 2. The van der Waals surface area contributed by atoms with E-state index in [0.29, 0.717) is 16.9 Å². The van der Waals surface area contributed by atoms with Crippen molar-refractivity contribution in [3.05, 3.63) is 69.7 Å². The second-order valence-electron chi connectivity index (χ2n) is 6.06. The van der Waals surface area contributed by atoms with Crippen LogP contribution in [0.15, 0.2) is 53.0 Å². The summed E-state index contributed by atoms with van der Waals surface area (Å²) in [5.41, 5.74) is 0.112. The predicted octanol–water partition coefficient (Wildman–Crippen LogP) is 4.90. The summed E-state index contributed by atoms with van der Waals surface area (Å²) in [6.07, 6.45) is -4.44. The zero-order valence-electron chi connectivity index (χ0n) is 14.6. The van der Waals surface area contributed by atoms with Gasteiger partial charge in [0.05, 0.1) is 12.7 Å². The molecule has 0 aliphatic carbocycles. The lowest BCUT2D eigenvalue weighted by Gasteiger charge is -2.28. The summed E-state index contributed by atoms with van der Waals surface area (Å²) in [4.78, 5) is 26.7. The molecule has 9 heteroatoms. The highest BCUT2D eigenvalue weighted by Crippen LogP contribution is 2.43. The van der Waals surface area contributed by atoms with Crippen molar-refractivity contribution in [2.45, 2.75) is 17.6 Å². The third kappa shape index (κ3) is 4.20. The summed E-state index contributed by atoms with van der Waals surface area (Å²) in [5.74, 6) is -0.661. The molecule has 1 aliphatic rings. The number of alkyl halides is 3. The van der Waals surface area contributed by atoms with Gasteiger partial charge in [0.2, 0.25) is 0 Å². The standard InChI is InChI=1S/C19H15BrF3NO3S/c1-27-18(26)15-10-28-17(12-2-6-13(7-3-12)19(21,22)23)24(15)16(25)11-4-8-14(20)9-5-11/h2-9,15,17H,10H2,1H3. The lowest BCUT2D eigenvalue weighted by molar-refractivity contribution is -0.145. The van der Waals surface area contributed by atoms with E-state index >= 15 is 0 Å². The average molecular weight is 474 g/mol. The van der Waals surface area contributed by atoms with E-state index in [-0.39, 0.29) is 0 Å². The second-order valence-corrected chi connectivity index (χ2v) is 8.09. The van der Waals surface area contributed by atoms with Crippen LogP contribution < -0.4 is 0 Å². The number of methoxy groups -OCH3 is 1. The molecule has 0 spiro atoms. The van der Waals surface area contributed by atoms with Crippen LogP contribution >= 0.6 is 27.7 Å². The SMILES string of the molecule is COC(=O)C1CSC(c2ccc(C(F)(F)F)cc2)N1C(=O)c1ccc(Br)cc1. The van der Waals surface area contributed by atoms with Gasteiger partial charge in [-0.3, -0.25) is 4.79 Å². The first-order chi connectivity index (χ1) is 13.2. The molecule has 28 heavy (non-hydrogen) atoms. The predicted molar refractivity (Wildman–Crippen MR) is 103 cm³/mol. The zero-order valence-corrected chi connectivity index (χ0v) is 17.0. The Hall–Kier alpha value is -2.00. The van der Waals surface area contributed by atoms with Crippen molar-refractivity contribution in [3.63, 3.8) is 0 Å². The highest BCUT2D eigenvalue weighted by atomic mass is 79.9. The van der Waals surface area contributed by atoms with Gasteiger partial charge in [0.1, 0.15) is 11.4 Å². The number of carbonyl (C=O) groups is 2. The molecule has 1 saturated heterocycles. The van der Waals surface area contributed by atoms with Crippen LogP contribution in [0, 0.1) is 0 Å². The van der Waals surface area contributed by atoms with Gasteiger partial charge in [-0.05, 0) is 42.0 Å². The van der Waals surface area contributed by atoms with Gasteiger partial charge < -0.3 is 9.64 Å². The minimum atomic E-state index is -4.44. The average Bonchev–Trinajstić information content (AvgIpc) is 3.12. The molecular weight excluding hydrogens is 459 g/mol. The van der Waals surface area contributed by atoms with Gasteiger partial charge in [-0.25, -0.2) is 4.79 Å². The molecule has 3 rings (SSSR count). The number of nitrogens with zero attached hydrogens (tertiary/aromatic N) is 1. The molecule has 0 N–H and O–H groups in total. The summed E-state index contributed by atoms with van der Waals surface area (Å²) < 4.78 is 44.1. The molecule has 2 atom stereocenters. The molecule has 1 fully saturated rings. The molecule has 2 unspecified atom stereocenters. The van der Waals surface area contributed by atoms with Gasteiger partial charge in [0.15, 0.2) is 0 Å². The fourth-order valence-electron chi connectivity index (χ4n) is 2.91. The van der Waals surface area contributed by atoms with Crippen molar-refractivity contribution in [3.8, 4) is 0 Å². The fraction of sp³-hybridized carbons (Fsp3) is 0.263. The van der Waals surface area contributed by atoms with Crippen molar-refractivity contribution in [1.29, 1.82) is 0 Å². The van der Waals surface area contributed by atoms with Crippen molar-refractivity contribution < 1.29 is 27.5 Å². The number of hydrogen-bond acceptors (Lipinski definition) is 4. The molecule has 4 nitrogen and oxygen atoms in total. The zero-order chi connectivity index (χ0) is 20.5. The van der Waals surface area contributed by atoms with E-state index in [9.17, 15) is 22.8 Å². The van der Waals surface area contributed by atoms with Gasteiger partial charge >= 0.3 is 12.1 Å². The first kappa shape index (κ1) is 20.7. The van der Waals surface area contributed by atoms with E-state index in [4.69, 9.17) is 4.74 Å². The quantitative estimate of drug-likeness (QED) is 0.595. The summed E-state index contributed by atoms with van der Waals surface area (Å²) in [5, 5.41) is -0.595. The van der Waals surface area contributed by atoms with E-state index in [1.54, 1.807) is 24.3 Å². The largest absolute Gasteiger partial charge is 0.467 e. The molecule has 2 aromatic carbocycles. The van der Waals surface area contributed by atoms with Crippen LogP contribution in [0.5, 0.6) is 0 Å². The summed E-state index contributed by atoms with van der Waals surface area (Å²) in [7, 11) is 1.24. The molecule has 0 saturated carbocycles. The van der Waals surface area contributed by atoms with Gasteiger partial charge in [0.25, 0.3) is 5.91 Å². The number of ether oxygens (including phenoxy) is 1. The number of rotatable bonds is 3. The number of thioether (sulfide) groups is 1. The third-order valence-corrected chi connectivity index (χ3v) is 6.17. The minimum Gasteiger partial charge on any atom is -0.467 e. The molecule has 0 radical (unpaired) electrons. The Morgan fingerprint density at radius 2 is 1.71 bits per heavy atom. The number of carbonyl (C=O) groups excluding carboxylic acids is 2. The smallest absolute Gasteiger partial charge is 0.416 e. The van der Waals surface area contributed by atoms with Crippen LogP contribution in [0.3, 0.4) is 0 Å². The highest BCUT2D eigenvalue weighted by Gasteiger charge is 2.43. The molecule has 148 valence electrons. The molecule has 2 aromatic rings. The van der Waals surface area contributed by atoms with E-state index in [1.165, 1.54) is 35.9 Å². The second kappa shape index (κ2) is 8.16. The van der Waals surface area contributed by atoms with Gasteiger partial charge in [-0.2, -0.15) is 13.2 Å². The Morgan fingerprint density at radius 3 is 2.25 bits per heavy atom. The Balaban J connectivity index is 1.96. The van der Waals surface area contributed by atoms with Gasteiger partial charge in [0, 0.05) is 15.8 Å². The topological polar surface area (TPSA) is 46.6 Å². The van der Waals surface area contributed by atoms with Crippen molar-refractivity contribution in [2.75, 3.05) is 12.9 Å². The first-order valence-electron chi connectivity index (χ1n) is 8.17. The monoisotopic (exact) mass is 473 g/mol. The van der Waals surface area contributed by atoms with Gasteiger partial charge in [-0.1, -0.05) is 28.1 Å². The highest BCUT2D eigenvalue weighted by molar-refractivity contribution is 9.10. The third-order valence-electron chi connectivity index (χ3n) is 4.32. The van der Waals surface area contributed by atoms with Crippen molar-refractivity contribution in [1.82, 2.24) is 4.90 Å². The lowest BCUT2D eigenvalue weighted by Crippen LogP contribution is -2.43. The number of esters is 1. The van der Waals surface area contributed by atoms with Crippen LogP contribution in [-0.4, -0.2) is 35.7 Å². The van der Waals surface area contributed by atoms with Crippen molar-refractivity contribution >= 4 is 39.6 Å². The van der Waals surface area contributed by atoms with E-state index in [1.807, 2.05) is 0 Å². The summed E-state index contributed by atoms with van der Waals surface area (Å²) >= 11 is 4.61. The number of amides is 1. The molecule has 0 aromatic heterocycles. The van der Waals surface area contributed by atoms with Crippen LogP contribution in [0.4, 0.5) is 13.2 Å². The number of halogens is 4. The maximum atomic E-state index is 13.1. The first-order valence-corrected chi connectivity index (χ1v) is 10.0. The minimum absolute atomic E-state index is 0.292. The molecular formula is C19H15BrF3NO3S. The summed E-state index contributed by atoms with van der Waals surface area (Å²) in [6, 6.07) is 10.4. The Labute approximate surface area is 172 Å². The molecule has 0 bridgehead atoms. The Bertz CT molecular complexity index is 871. The van der Waals surface area contributed by atoms with Crippen LogP contribution in [-0.2, 0) is 15.7 Å². The fourth-order valence-corrected chi connectivity index (χ4v) is 4.59. The van der Waals surface area contributed by atoms with Crippen LogP contribution in [0.1, 0.15) is 26.9 Å². The maximum Gasteiger partial charge on any atom is 0.416 e. The molecule has 1 aliphatic heterocycles. The summed E-state index contributed by atoms with van der Waals surface area (Å²) in [6.45, 7) is 0. The molecule has 1 heterocycles. The number of hydrogen-bond donors (Lipinski definition) is 0. The Kier molecular flexibility index (Phi) is 6.04. The van der Waals surface area contributed by atoms with E-state index in [0.717, 1.165) is 16.6 Å². The van der Waals surface area contributed by atoms with E-state index in [2.05, 4.69) is 15.9 Å². The Morgan fingerprint density at radius 1 is 1.11 bits per heavy atom. The molecule has 1 amide bonds. The lowest BCUT2D eigenvalue weighted by atomic mass is 10.1. The maximum absolute atomic E-state index is 13.1. The van der Waals surface area contributed by atoms with Gasteiger partial charge in [-0.15, -0.1) is 11.8 Å². The van der Waals surface area contributed by atoms with Crippen molar-refractivity contribution in [2.24, 2.45) is 0 Å². The van der Waals surface area contributed by atoms with E-state index < -0.39 is 35.0 Å². The van der Waals surface area contributed by atoms with Crippen LogP contribution in [0.25, 0.3) is 0 Å². The normalized spacial score (nSPS) is 19.5. The van der Waals surface area contributed by atoms with Crippen LogP contribution in [0.2, 0.25) is 0 Å².